The molecule has 0 spiro atoms. The lowest BCUT2D eigenvalue weighted by atomic mass is 10.0. The molecular weight excluding hydrogens is 182 g/mol. The Labute approximate surface area is 83.3 Å². The van der Waals surface area contributed by atoms with E-state index < -0.39 is 0 Å². The average Bonchev–Trinajstić information content (AvgIpc) is 2.46. The summed E-state index contributed by atoms with van der Waals surface area (Å²) in [5, 5.41) is 3.23. The van der Waals surface area contributed by atoms with Gasteiger partial charge in [-0.05, 0) is 12.8 Å². The van der Waals surface area contributed by atoms with Gasteiger partial charge in [0.2, 0.25) is 0 Å². The minimum atomic E-state index is 0.325. The van der Waals surface area contributed by atoms with Crippen molar-refractivity contribution in [3.05, 3.63) is 16.1 Å². The Morgan fingerprint density at radius 1 is 1.62 bits per heavy atom. The largest absolute Gasteiger partial charge is 0.271 e. The van der Waals surface area contributed by atoms with Crippen LogP contribution in [0, 0.1) is 12.8 Å². The van der Waals surface area contributed by atoms with Gasteiger partial charge in [-0.1, -0.05) is 13.8 Å². The minimum absolute atomic E-state index is 0.325. The summed E-state index contributed by atoms with van der Waals surface area (Å²) in [6.45, 7) is 6.33. The van der Waals surface area contributed by atoms with E-state index in [0.29, 0.717) is 12.0 Å². The highest BCUT2D eigenvalue weighted by Gasteiger charge is 2.13. The van der Waals surface area contributed by atoms with Gasteiger partial charge in [-0.2, -0.15) is 0 Å². The molecule has 1 atom stereocenters. The van der Waals surface area contributed by atoms with Crippen LogP contribution in [0.25, 0.3) is 0 Å². The third-order valence-corrected chi connectivity index (χ3v) is 3.07. The first-order chi connectivity index (χ1) is 6.13. The molecule has 1 unspecified atom stereocenters. The Hall–Kier alpha value is -0.450. The van der Waals surface area contributed by atoms with Crippen LogP contribution >= 0.6 is 11.3 Å². The van der Waals surface area contributed by atoms with Gasteiger partial charge in [-0.25, -0.2) is 4.98 Å². The van der Waals surface area contributed by atoms with Gasteiger partial charge in [0.1, 0.15) is 0 Å². The topological polar surface area (TPSA) is 50.9 Å². The van der Waals surface area contributed by atoms with Crippen molar-refractivity contribution in [2.24, 2.45) is 11.8 Å². The summed E-state index contributed by atoms with van der Waals surface area (Å²) < 4.78 is 0. The Kier molecular flexibility index (Phi) is 3.84. The van der Waals surface area contributed by atoms with Gasteiger partial charge in [0.25, 0.3) is 0 Å². The molecular formula is C9H17N3S. The van der Waals surface area contributed by atoms with E-state index in [2.05, 4.69) is 29.6 Å². The highest BCUT2D eigenvalue weighted by Crippen LogP contribution is 2.13. The molecule has 1 rings (SSSR count). The molecule has 0 saturated carbocycles. The fourth-order valence-electron chi connectivity index (χ4n) is 1.17. The van der Waals surface area contributed by atoms with Crippen LogP contribution in [0.1, 0.15) is 24.5 Å². The summed E-state index contributed by atoms with van der Waals surface area (Å²) in [5.41, 5.74) is 3.92. The molecule has 3 N–H and O–H groups in total. The minimum Gasteiger partial charge on any atom is -0.271 e. The lowest BCUT2D eigenvalue weighted by molar-refractivity contribution is 0.404. The Balaban J connectivity index is 2.56. The molecule has 0 aliphatic heterocycles. The number of aryl methyl sites for hydroxylation is 1. The van der Waals surface area contributed by atoms with E-state index in [1.165, 1.54) is 0 Å². The van der Waals surface area contributed by atoms with E-state index in [1.54, 1.807) is 11.3 Å². The summed E-state index contributed by atoms with van der Waals surface area (Å²) in [6, 6.07) is 0.325. The summed E-state index contributed by atoms with van der Waals surface area (Å²) in [7, 11) is 0. The van der Waals surface area contributed by atoms with Gasteiger partial charge in [0, 0.05) is 23.5 Å². The Morgan fingerprint density at radius 3 is 2.69 bits per heavy atom. The van der Waals surface area contributed by atoms with Crippen LogP contribution in [0.15, 0.2) is 5.38 Å². The second-order valence-electron chi connectivity index (χ2n) is 3.60. The van der Waals surface area contributed by atoms with Crippen LogP contribution in [0.5, 0.6) is 0 Å². The third kappa shape index (κ3) is 3.06. The van der Waals surface area contributed by atoms with Crippen molar-refractivity contribution in [1.29, 1.82) is 0 Å². The van der Waals surface area contributed by atoms with E-state index in [9.17, 15) is 0 Å². The van der Waals surface area contributed by atoms with Crippen LogP contribution in [0.4, 0.5) is 0 Å². The van der Waals surface area contributed by atoms with E-state index in [4.69, 9.17) is 5.84 Å². The Bertz CT molecular complexity index is 257. The lowest BCUT2D eigenvalue weighted by Gasteiger charge is -2.17. The summed E-state index contributed by atoms with van der Waals surface area (Å²) >= 11 is 1.70. The zero-order chi connectivity index (χ0) is 9.84. The van der Waals surface area contributed by atoms with Crippen molar-refractivity contribution >= 4 is 11.3 Å². The predicted molar refractivity (Wildman–Crippen MR) is 56.5 cm³/mol. The molecule has 0 amide bonds. The quantitative estimate of drug-likeness (QED) is 0.570. The van der Waals surface area contributed by atoms with Crippen molar-refractivity contribution in [1.82, 2.24) is 10.4 Å². The van der Waals surface area contributed by atoms with Crippen molar-refractivity contribution < 1.29 is 0 Å². The predicted octanol–water partition coefficient (Wildman–Crippen LogP) is 1.48. The van der Waals surface area contributed by atoms with Crippen LogP contribution in [0.3, 0.4) is 0 Å². The Morgan fingerprint density at radius 2 is 2.31 bits per heavy atom. The lowest BCUT2D eigenvalue weighted by Crippen LogP contribution is -2.40. The van der Waals surface area contributed by atoms with Crippen LogP contribution in [0.2, 0.25) is 0 Å². The molecule has 1 aromatic rings. The molecule has 0 aliphatic carbocycles. The summed E-state index contributed by atoms with van der Waals surface area (Å²) in [4.78, 5) is 4.40. The number of hydrogen-bond acceptors (Lipinski definition) is 4. The van der Waals surface area contributed by atoms with Crippen molar-refractivity contribution in [3.63, 3.8) is 0 Å². The van der Waals surface area contributed by atoms with Crippen molar-refractivity contribution in [2.45, 2.75) is 33.2 Å². The monoisotopic (exact) mass is 199 g/mol. The molecule has 13 heavy (non-hydrogen) atoms. The first-order valence-corrected chi connectivity index (χ1v) is 5.38. The third-order valence-electron chi connectivity index (χ3n) is 2.08. The van der Waals surface area contributed by atoms with Crippen LogP contribution < -0.4 is 11.3 Å². The average molecular weight is 199 g/mol. The van der Waals surface area contributed by atoms with Crippen LogP contribution in [-0.4, -0.2) is 11.0 Å². The molecule has 0 saturated heterocycles. The normalized spacial score (nSPS) is 13.6. The first-order valence-electron chi connectivity index (χ1n) is 4.50. The molecule has 0 radical (unpaired) electrons. The summed E-state index contributed by atoms with van der Waals surface area (Å²) in [5.74, 6) is 5.99. The number of hydrogen-bond donors (Lipinski definition) is 2. The molecule has 0 aromatic carbocycles. The van der Waals surface area contributed by atoms with Gasteiger partial charge in [-0.3, -0.25) is 11.3 Å². The maximum Gasteiger partial charge on any atom is 0.0944 e. The second kappa shape index (κ2) is 4.69. The number of nitrogens with one attached hydrogen (secondary N) is 1. The highest BCUT2D eigenvalue weighted by molar-refractivity contribution is 7.09. The maximum absolute atomic E-state index is 5.46. The molecule has 0 aliphatic rings. The molecule has 74 valence electrons. The number of hydrazine groups is 1. The fourth-order valence-corrected chi connectivity index (χ4v) is 2.00. The number of nitrogens with two attached hydrogens (primary N) is 1. The van der Waals surface area contributed by atoms with Gasteiger partial charge >= 0.3 is 0 Å². The summed E-state index contributed by atoms with van der Waals surface area (Å²) in [6.07, 6.45) is 0.923. The molecule has 1 aromatic heterocycles. The molecule has 0 bridgehead atoms. The highest BCUT2D eigenvalue weighted by atomic mass is 32.1. The number of rotatable bonds is 4. The van der Waals surface area contributed by atoms with E-state index >= 15 is 0 Å². The smallest absolute Gasteiger partial charge is 0.0944 e. The number of nitrogens with zero attached hydrogens (tertiary/aromatic N) is 1. The maximum atomic E-state index is 5.46. The van der Waals surface area contributed by atoms with E-state index in [1.807, 2.05) is 6.92 Å². The first kappa shape index (κ1) is 10.6. The van der Waals surface area contributed by atoms with Gasteiger partial charge in [0.05, 0.1) is 5.01 Å². The van der Waals surface area contributed by atoms with Crippen LogP contribution in [-0.2, 0) is 6.42 Å². The van der Waals surface area contributed by atoms with Crippen molar-refractivity contribution in [3.8, 4) is 0 Å². The molecule has 4 heteroatoms. The molecule has 0 fully saturated rings. The number of thiazole rings is 1. The number of aromatic nitrogens is 1. The van der Waals surface area contributed by atoms with E-state index in [0.717, 1.165) is 17.1 Å². The SMILES string of the molecule is Cc1csc(CC(NN)C(C)C)n1. The molecule has 1 heterocycles. The van der Waals surface area contributed by atoms with E-state index in [-0.39, 0.29) is 0 Å². The van der Waals surface area contributed by atoms with Gasteiger partial charge < -0.3 is 0 Å². The van der Waals surface area contributed by atoms with Gasteiger partial charge in [0.15, 0.2) is 0 Å². The van der Waals surface area contributed by atoms with Gasteiger partial charge in [-0.15, -0.1) is 11.3 Å². The fraction of sp³-hybridized carbons (Fsp3) is 0.667. The zero-order valence-electron chi connectivity index (χ0n) is 8.37. The molecule has 3 nitrogen and oxygen atoms in total. The second-order valence-corrected chi connectivity index (χ2v) is 4.55. The van der Waals surface area contributed by atoms with Crippen molar-refractivity contribution in [2.75, 3.05) is 0 Å². The standard InChI is InChI=1S/C9H17N3S/c1-6(2)8(12-10)4-9-11-7(3)5-13-9/h5-6,8,12H,4,10H2,1-3H3. The zero-order valence-corrected chi connectivity index (χ0v) is 9.19.